The second-order valence-corrected chi connectivity index (χ2v) is 4.21. The van der Waals surface area contributed by atoms with Gasteiger partial charge in [-0.3, -0.25) is 0 Å². The highest BCUT2D eigenvalue weighted by molar-refractivity contribution is 6.34. The van der Waals surface area contributed by atoms with E-state index in [-0.39, 0.29) is 39.4 Å². The number of aromatic hydroxyl groups is 1. The van der Waals surface area contributed by atoms with E-state index in [1.54, 1.807) is 0 Å². The van der Waals surface area contributed by atoms with Gasteiger partial charge in [0, 0.05) is 6.07 Å². The molecule has 0 unspecified atom stereocenters. The number of nitrogens with two attached hydrogens (primary N) is 2. The van der Waals surface area contributed by atoms with Gasteiger partial charge >= 0.3 is 0 Å². The fourth-order valence-corrected chi connectivity index (χ4v) is 2.00. The number of methoxy groups -OCH3 is 1. The molecule has 0 aliphatic carbocycles. The van der Waals surface area contributed by atoms with Crippen LogP contribution in [0.1, 0.15) is 5.56 Å². The lowest BCUT2D eigenvalue weighted by atomic mass is 10.1. The molecule has 8 heteroatoms. The Morgan fingerprint density at radius 1 is 1.35 bits per heavy atom. The first kappa shape index (κ1) is 13.7. The van der Waals surface area contributed by atoms with Crippen LogP contribution in [0.25, 0.3) is 11.3 Å². The Bertz CT molecular complexity index is 704. The zero-order valence-corrected chi connectivity index (χ0v) is 11.1. The number of rotatable bonds is 2. The van der Waals surface area contributed by atoms with Crippen molar-refractivity contribution >= 4 is 23.4 Å². The predicted octanol–water partition coefficient (Wildman–Crippen LogP) is 1.55. The van der Waals surface area contributed by atoms with E-state index in [1.807, 2.05) is 6.07 Å². The molecule has 20 heavy (non-hydrogen) atoms. The Labute approximate surface area is 119 Å². The van der Waals surface area contributed by atoms with Crippen molar-refractivity contribution in [3.8, 4) is 28.8 Å². The Hall–Kier alpha value is -2.72. The number of hydrogen-bond acceptors (Lipinski definition) is 7. The molecule has 1 aromatic heterocycles. The fourth-order valence-electron chi connectivity index (χ4n) is 1.71. The molecule has 7 nitrogen and oxygen atoms in total. The number of nitriles is 1. The smallest absolute Gasteiger partial charge is 0.222 e. The van der Waals surface area contributed by atoms with Crippen molar-refractivity contribution < 1.29 is 9.84 Å². The first-order valence-corrected chi connectivity index (χ1v) is 5.75. The van der Waals surface area contributed by atoms with Crippen LogP contribution < -0.4 is 16.2 Å². The quantitative estimate of drug-likeness (QED) is 0.764. The maximum absolute atomic E-state index is 10.0. The van der Waals surface area contributed by atoms with Gasteiger partial charge in [-0.15, -0.1) is 0 Å². The predicted molar refractivity (Wildman–Crippen MR) is 74.2 cm³/mol. The third kappa shape index (κ3) is 2.24. The van der Waals surface area contributed by atoms with Gasteiger partial charge in [0.1, 0.15) is 34.6 Å². The maximum atomic E-state index is 10.0. The number of halogens is 1. The highest BCUT2D eigenvalue weighted by atomic mass is 35.5. The van der Waals surface area contributed by atoms with Crippen LogP contribution in [-0.2, 0) is 0 Å². The van der Waals surface area contributed by atoms with Gasteiger partial charge in [-0.05, 0) is 6.07 Å². The SMILES string of the molecule is COc1cc(O)c(-c2nc(N)nc(N)c2C#N)c(Cl)c1. The van der Waals surface area contributed by atoms with Crippen LogP contribution in [0, 0.1) is 11.3 Å². The van der Waals surface area contributed by atoms with Crippen molar-refractivity contribution in [3.05, 3.63) is 22.7 Å². The summed E-state index contributed by atoms with van der Waals surface area (Å²) in [6.45, 7) is 0. The lowest BCUT2D eigenvalue weighted by Crippen LogP contribution is -2.05. The molecular weight excluding hydrogens is 282 g/mol. The first-order valence-electron chi connectivity index (χ1n) is 5.38. The zero-order valence-electron chi connectivity index (χ0n) is 10.4. The Morgan fingerprint density at radius 2 is 2.05 bits per heavy atom. The molecule has 0 radical (unpaired) electrons. The Kier molecular flexibility index (Phi) is 3.50. The standard InChI is InChI=1S/C12H10ClN5O2/c1-20-5-2-7(13)9(8(19)3-5)10-6(4-14)11(15)18-12(16)17-10/h2-3,19H,1H3,(H4,15,16,17,18). The molecule has 2 rings (SSSR count). The van der Waals surface area contributed by atoms with E-state index < -0.39 is 0 Å². The van der Waals surface area contributed by atoms with Crippen LogP contribution >= 0.6 is 11.6 Å². The number of nitrogens with zero attached hydrogens (tertiary/aromatic N) is 3. The molecule has 0 saturated heterocycles. The van der Waals surface area contributed by atoms with E-state index in [1.165, 1.54) is 19.2 Å². The lowest BCUT2D eigenvalue weighted by molar-refractivity contribution is 0.408. The first-order chi connectivity index (χ1) is 9.47. The molecule has 1 heterocycles. The summed E-state index contributed by atoms with van der Waals surface area (Å²) in [5, 5.41) is 19.3. The van der Waals surface area contributed by atoms with Crippen molar-refractivity contribution in [2.45, 2.75) is 0 Å². The number of nitrogen functional groups attached to an aromatic ring is 2. The summed E-state index contributed by atoms with van der Waals surface area (Å²) in [7, 11) is 1.44. The zero-order chi connectivity index (χ0) is 14.9. The lowest BCUT2D eigenvalue weighted by Gasteiger charge is -2.11. The minimum Gasteiger partial charge on any atom is -0.507 e. The summed E-state index contributed by atoms with van der Waals surface area (Å²) in [5.74, 6) is -0.0443. The molecule has 0 saturated carbocycles. The van der Waals surface area contributed by atoms with E-state index in [9.17, 15) is 5.11 Å². The van der Waals surface area contributed by atoms with Gasteiger partial charge in [0.25, 0.3) is 0 Å². The van der Waals surface area contributed by atoms with Gasteiger partial charge < -0.3 is 21.3 Å². The molecule has 0 aliphatic rings. The van der Waals surface area contributed by atoms with Crippen molar-refractivity contribution in [2.75, 3.05) is 18.6 Å². The van der Waals surface area contributed by atoms with Crippen LogP contribution in [0.15, 0.2) is 12.1 Å². The average Bonchev–Trinajstić information content (AvgIpc) is 2.37. The minimum absolute atomic E-state index is 0.0124. The van der Waals surface area contributed by atoms with Crippen LogP contribution in [0.4, 0.5) is 11.8 Å². The minimum atomic E-state index is -0.205. The number of phenols is 1. The number of benzene rings is 1. The van der Waals surface area contributed by atoms with Crippen molar-refractivity contribution in [3.63, 3.8) is 0 Å². The molecule has 0 spiro atoms. The van der Waals surface area contributed by atoms with Crippen molar-refractivity contribution in [1.29, 1.82) is 5.26 Å². The van der Waals surface area contributed by atoms with Crippen molar-refractivity contribution in [1.82, 2.24) is 9.97 Å². The Morgan fingerprint density at radius 3 is 2.60 bits per heavy atom. The Balaban J connectivity index is 2.79. The molecule has 0 fully saturated rings. The molecule has 0 bridgehead atoms. The molecule has 0 atom stereocenters. The monoisotopic (exact) mass is 291 g/mol. The summed E-state index contributed by atoms with van der Waals surface area (Å²) in [6, 6.07) is 4.69. The van der Waals surface area contributed by atoms with Gasteiger partial charge in [-0.25, -0.2) is 4.98 Å². The van der Waals surface area contributed by atoms with E-state index >= 15 is 0 Å². The maximum Gasteiger partial charge on any atom is 0.222 e. The van der Waals surface area contributed by atoms with Gasteiger partial charge in [0.2, 0.25) is 5.95 Å². The second-order valence-electron chi connectivity index (χ2n) is 3.81. The summed E-state index contributed by atoms with van der Waals surface area (Å²) < 4.78 is 4.98. The highest BCUT2D eigenvalue weighted by Gasteiger charge is 2.20. The second kappa shape index (κ2) is 5.11. The van der Waals surface area contributed by atoms with Gasteiger partial charge in [-0.2, -0.15) is 10.2 Å². The fraction of sp³-hybridized carbons (Fsp3) is 0.0833. The third-order valence-corrected chi connectivity index (χ3v) is 2.88. The van der Waals surface area contributed by atoms with Crippen LogP contribution in [0.5, 0.6) is 11.5 Å². The third-order valence-electron chi connectivity index (χ3n) is 2.58. The van der Waals surface area contributed by atoms with Gasteiger partial charge in [0.05, 0.1) is 17.7 Å². The number of aromatic nitrogens is 2. The highest BCUT2D eigenvalue weighted by Crippen LogP contribution is 2.40. The van der Waals surface area contributed by atoms with Crippen LogP contribution in [-0.4, -0.2) is 22.2 Å². The van der Waals surface area contributed by atoms with Crippen molar-refractivity contribution in [2.24, 2.45) is 0 Å². The van der Waals surface area contributed by atoms with Crippen LogP contribution in [0.3, 0.4) is 0 Å². The summed E-state index contributed by atoms with van der Waals surface area (Å²) in [6.07, 6.45) is 0. The van der Waals surface area contributed by atoms with Gasteiger partial charge in [0.15, 0.2) is 0 Å². The van der Waals surface area contributed by atoms with Crippen LogP contribution in [0.2, 0.25) is 5.02 Å². The average molecular weight is 292 g/mol. The molecule has 1 aromatic carbocycles. The van der Waals surface area contributed by atoms with E-state index in [0.29, 0.717) is 5.75 Å². The molecule has 0 aliphatic heterocycles. The number of hydrogen-bond donors (Lipinski definition) is 3. The molecule has 102 valence electrons. The van der Waals surface area contributed by atoms with Gasteiger partial charge in [-0.1, -0.05) is 11.6 Å². The molecule has 5 N–H and O–H groups in total. The van der Waals surface area contributed by atoms with E-state index in [4.69, 9.17) is 33.1 Å². The molecular formula is C12H10ClN5O2. The molecule has 0 amide bonds. The van der Waals surface area contributed by atoms with E-state index in [2.05, 4.69) is 9.97 Å². The summed E-state index contributed by atoms with van der Waals surface area (Å²) in [4.78, 5) is 7.63. The topological polar surface area (TPSA) is 131 Å². The molecule has 2 aromatic rings. The normalized spacial score (nSPS) is 10.1. The summed E-state index contributed by atoms with van der Waals surface area (Å²) in [5.41, 5.74) is 11.3. The summed E-state index contributed by atoms with van der Waals surface area (Å²) >= 11 is 6.09. The number of anilines is 2. The number of ether oxygens (including phenoxy) is 1. The van der Waals surface area contributed by atoms with E-state index in [0.717, 1.165) is 0 Å². The largest absolute Gasteiger partial charge is 0.507 e. The number of phenolic OH excluding ortho intramolecular Hbond substituents is 1.